The van der Waals surface area contributed by atoms with Crippen LogP contribution in [0.5, 0.6) is 0 Å². The third-order valence-corrected chi connectivity index (χ3v) is 4.51. The van der Waals surface area contributed by atoms with Crippen molar-refractivity contribution in [3.05, 3.63) is 64.7 Å². The highest BCUT2D eigenvalue weighted by molar-refractivity contribution is 5.92. The zero-order valence-corrected chi connectivity index (χ0v) is 14.7. The maximum atomic E-state index is 12.3. The second-order valence-electron chi connectivity index (χ2n) is 6.47. The summed E-state index contributed by atoms with van der Waals surface area (Å²) in [4.78, 5) is 27.1. The van der Waals surface area contributed by atoms with Gasteiger partial charge in [-0.2, -0.15) is 0 Å². The number of piperazine rings is 1. The Kier molecular flexibility index (Phi) is 5.48. The highest BCUT2D eigenvalue weighted by atomic mass is 16.6. The Balaban J connectivity index is 1.54. The molecule has 0 aromatic heterocycles. The minimum absolute atomic E-state index is 0.0344. The van der Waals surface area contributed by atoms with Gasteiger partial charge in [0, 0.05) is 49.2 Å². The summed E-state index contributed by atoms with van der Waals surface area (Å²) in [6.07, 6.45) is 0. The Labute approximate surface area is 152 Å². The van der Waals surface area contributed by atoms with E-state index >= 15 is 0 Å². The Morgan fingerprint density at radius 3 is 2.65 bits per heavy atom. The monoisotopic (exact) mass is 354 g/mol. The number of carbonyl (C=O) groups excluding carboxylic acids is 1. The van der Waals surface area contributed by atoms with Crippen LogP contribution in [0.3, 0.4) is 0 Å². The first kappa shape index (κ1) is 17.9. The molecule has 1 aliphatic rings. The molecule has 136 valence electrons. The van der Waals surface area contributed by atoms with Crippen molar-refractivity contribution in [2.45, 2.75) is 13.0 Å². The molecule has 3 rings (SSSR count). The Morgan fingerprint density at radius 2 is 1.96 bits per heavy atom. The number of anilines is 2. The fraction of sp³-hybridized carbons (Fsp3) is 0.316. The molecule has 1 saturated heterocycles. The van der Waals surface area contributed by atoms with Gasteiger partial charge in [-0.3, -0.25) is 19.8 Å². The Hall–Kier alpha value is -2.93. The molecule has 0 bridgehead atoms. The van der Waals surface area contributed by atoms with Crippen molar-refractivity contribution < 1.29 is 9.72 Å². The van der Waals surface area contributed by atoms with E-state index in [4.69, 9.17) is 0 Å². The molecule has 1 unspecified atom stereocenters. The Bertz CT molecular complexity index is 781. The van der Waals surface area contributed by atoms with Crippen LogP contribution in [0.2, 0.25) is 0 Å². The molecule has 1 heterocycles. The van der Waals surface area contributed by atoms with Gasteiger partial charge in [0.1, 0.15) is 0 Å². The number of carbonyl (C=O) groups is 1. The van der Waals surface area contributed by atoms with Gasteiger partial charge in [0.05, 0.1) is 11.5 Å². The highest BCUT2D eigenvalue weighted by Crippen LogP contribution is 2.20. The van der Waals surface area contributed by atoms with E-state index in [9.17, 15) is 14.9 Å². The van der Waals surface area contributed by atoms with Crippen molar-refractivity contribution in [3.63, 3.8) is 0 Å². The van der Waals surface area contributed by atoms with Gasteiger partial charge in [-0.15, -0.1) is 0 Å². The molecule has 7 heteroatoms. The second kappa shape index (κ2) is 7.97. The molecule has 7 nitrogen and oxygen atoms in total. The first-order valence-electron chi connectivity index (χ1n) is 8.61. The molecule has 1 aliphatic heterocycles. The number of para-hydroxylation sites is 1. The van der Waals surface area contributed by atoms with E-state index in [1.54, 1.807) is 12.1 Å². The number of nitro benzene ring substituents is 1. The van der Waals surface area contributed by atoms with Gasteiger partial charge < -0.3 is 10.2 Å². The predicted molar refractivity (Wildman–Crippen MR) is 101 cm³/mol. The summed E-state index contributed by atoms with van der Waals surface area (Å²) in [5, 5.41) is 13.6. The lowest BCUT2D eigenvalue weighted by molar-refractivity contribution is -0.384. The third-order valence-electron chi connectivity index (χ3n) is 4.51. The third kappa shape index (κ3) is 4.37. The summed E-state index contributed by atoms with van der Waals surface area (Å²) in [5.74, 6) is -0.161. The SMILES string of the molecule is CC1CN(CC(=O)Nc2cccc([N+](=O)[O-])c2)CCN1c1ccccc1. The van der Waals surface area contributed by atoms with Crippen molar-refractivity contribution in [2.75, 3.05) is 36.4 Å². The fourth-order valence-corrected chi connectivity index (χ4v) is 3.28. The number of nitro groups is 1. The molecule has 1 fully saturated rings. The average molecular weight is 354 g/mol. The maximum Gasteiger partial charge on any atom is 0.271 e. The number of hydrogen-bond acceptors (Lipinski definition) is 5. The van der Waals surface area contributed by atoms with Crippen molar-refractivity contribution in [2.24, 2.45) is 0 Å². The smallest absolute Gasteiger partial charge is 0.271 e. The molecule has 2 aromatic carbocycles. The number of amides is 1. The topological polar surface area (TPSA) is 78.7 Å². The zero-order valence-electron chi connectivity index (χ0n) is 14.7. The molecule has 0 radical (unpaired) electrons. The lowest BCUT2D eigenvalue weighted by atomic mass is 10.1. The number of hydrogen-bond donors (Lipinski definition) is 1. The van der Waals surface area contributed by atoms with Gasteiger partial charge in [0.25, 0.3) is 5.69 Å². The summed E-state index contributed by atoms with van der Waals surface area (Å²) in [7, 11) is 0. The minimum Gasteiger partial charge on any atom is -0.366 e. The average Bonchev–Trinajstić information content (AvgIpc) is 2.62. The maximum absolute atomic E-state index is 12.3. The van der Waals surface area contributed by atoms with Crippen LogP contribution in [0.25, 0.3) is 0 Å². The van der Waals surface area contributed by atoms with Gasteiger partial charge in [0.15, 0.2) is 0 Å². The highest BCUT2D eigenvalue weighted by Gasteiger charge is 2.25. The van der Waals surface area contributed by atoms with Crippen LogP contribution in [-0.2, 0) is 4.79 Å². The fourth-order valence-electron chi connectivity index (χ4n) is 3.28. The van der Waals surface area contributed by atoms with Gasteiger partial charge in [-0.25, -0.2) is 0 Å². The van der Waals surface area contributed by atoms with Crippen molar-refractivity contribution >= 4 is 23.0 Å². The summed E-state index contributed by atoms with van der Waals surface area (Å²) in [6.45, 7) is 4.86. The molecular formula is C19H22N4O3. The van der Waals surface area contributed by atoms with Gasteiger partial charge >= 0.3 is 0 Å². The minimum atomic E-state index is -0.472. The van der Waals surface area contributed by atoms with E-state index in [2.05, 4.69) is 34.2 Å². The number of rotatable bonds is 5. The van der Waals surface area contributed by atoms with E-state index in [-0.39, 0.29) is 18.1 Å². The first-order valence-corrected chi connectivity index (χ1v) is 8.61. The molecule has 1 N–H and O–H groups in total. The molecule has 0 aliphatic carbocycles. The van der Waals surface area contributed by atoms with Crippen LogP contribution in [-0.4, -0.2) is 48.0 Å². The summed E-state index contributed by atoms with van der Waals surface area (Å²) in [6, 6.07) is 16.5. The van der Waals surface area contributed by atoms with Crippen molar-refractivity contribution in [1.29, 1.82) is 0 Å². The predicted octanol–water partition coefficient (Wildman–Crippen LogP) is 2.74. The number of nitrogens with one attached hydrogen (secondary N) is 1. The summed E-state index contributed by atoms with van der Waals surface area (Å²) >= 11 is 0. The second-order valence-corrected chi connectivity index (χ2v) is 6.47. The molecule has 1 atom stereocenters. The van der Waals surface area contributed by atoms with Crippen LogP contribution >= 0.6 is 0 Å². The van der Waals surface area contributed by atoms with Crippen LogP contribution in [0.1, 0.15) is 6.92 Å². The lowest BCUT2D eigenvalue weighted by Crippen LogP contribution is -2.53. The largest absolute Gasteiger partial charge is 0.366 e. The van der Waals surface area contributed by atoms with Crippen LogP contribution in [0.15, 0.2) is 54.6 Å². The quantitative estimate of drug-likeness (QED) is 0.660. The normalized spacial score (nSPS) is 17.7. The first-order chi connectivity index (χ1) is 12.5. The standard InChI is InChI=1S/C19H22N4O3/c1-15-13-21(10-11-22(15)17-7-3-2-4-8-17)14-19(24)20-16-6-5-9-18(12-16)23(25)26/h2-9,12,15H,10-11,13-14H2,1H3,(H,20,24). The number of nitrogens with zero attached hydrogens (tertiary/aromatic N) is 3. The van der Waals surface area contributed by atoms with E-state index in [1.165, 1.54) is 17.8 Å². The van der Waals surface area contributed by atoms with Crippen LogP contribution < -0.4 is 10.2 Å². The Morgan fingerprint density at radius 1 is 1.19 bits per heavy atom. The number of benzene rings is 2. The van der Waals surface area contributed by atoms with Gasteiger partial charge in [-0.05, 0) is 25.1 Å². The van der Waals surface area contributed by atoms with E-state index in [0.717, 1.165) is 19.6 Å². The van der Waals surface area contributed by atoms with E-state index in [1.807, 2.05) is 18.2 Å². The summed E-state index contributed by atoms with van der Waals surface area (Å²) in [5.41, 5.74) is 1.61. The molecule has 0 spiro atoms. The summed E-state index contributed by atoms with van der Waals surface area (Å²) < 4.78 is 0. The zero-order chi connectivity index (χ0) is 18.5. The molecule has 1 amide bonds. The molecule has 2 aromatic rings. The number of non-ortho nitro benzene ring substituents is 1. The molecule has 26 heavy (non-hydrogen) atoms. The van der Waals surface area contributed by atoms with Gasteiger partial charge in [-0.1, -0.05) is 24.3 Å². The van der Waals surface area contributed by atoms with E-state index < -0.39 is 4.92 Å². The molecular weight excluding hydrogens is 332 g/mol. The van der Waals surface area contributed by atoms with Crippen molar-refractivity contribution in [1.82, 2.24) is 4.90 Å². The van der Waals surface area contributed by atoms with Crippen LogP contribution in [0, 0.1) is 10.1 Å². The van der Waals surface area contributed by atoms with Gasteiger partial charge in [0.2, 0.25) is 5.91 Å². The van der Waals surface area contributed by atoms with Crippen molar-refractivity contribution in [3.8, 4) is 0 Å². The van der Waals surface area contributed by atoms with E-state index in [0.29, 0.717) is 11.7 Å². The lowest BCUT2D eigenvalue weighted by Gasteiger charge is -2.41. The van der Waals surface area contributed by atoms with Crippen LogP contribution in [0.4, 0.5) is 17.1 Å². The molecule has 0 saturated carbocycles.